The lowest BCUT2D eigenvalue weighted by atomic mass is 9.98. The lowest BCUT2D eigenvalue weighted by Gasteiger charge is -2.25. The summed E-state index contributed by atoms with van der Waals surface area (Å²) >= 11 is 0. The van der Waals surface area contributed by atoms with E-state index in [1.165, 1.54) is 6.92 Å². The molecule has 2 rings (SSSR count). The summed E-state index contributed by atoms with van der Waals surface area (Å²) in [6.45, 7) is 6.61. The van der Waals surface area contributed by atoms with Gasteiger partial charge in [-0.05, 0) is 49.1 Å². The number of hydrogen-bond acceptors (Lipinski definition) is 13. The normalized spacial score (nSPS) is 14.0. The first-order valence-electron chi connectivity index (χ1n) is 24.4. The van der Waals surface area contributed by atoms with Crippen LogP contribution in [0.25, 0.3) is 0 Å². The Labute approximate surface area is 435 Å². The number of guanidine groups is 1. The Morgan fingerprint density at radius 3 is 1.52 bits per heavy atom. The second kappa shape index (κ2) is 32.8. The molecule has 26 nitrogen and oxygen atoms in total. The van der Waals surface area contributed by atoms with Crippen molar-refractivity contribution in [1.29, 1.82) is 0 Å². The average molecular weight is 1050 g/mol. The first-order valence-corrected chi connectivity index (χ1v) is 24.4. The first kappa shape index (κ1) is 63.0. The van der Waals surface area contributed by atoms with Crippen LogP contribution < -0.4 is 70.8 Å². The molecular weight excluding hydrogens is 977 g/mol. The molecule has 75 heavy (non-hydrogen) atoms. The van der Waals surface area contributed by atoms with Gasteiger partial charge in [-0.2, -0.15) is 0 Å². The molecule has 0 spiro atoms. The zero-order valence-corrected chi connectivity index (χ0v) is 42.9. The Morgan fingerprint density at radius 2 is 1.03 bits per heavy atom. The summed E-state index contributed by atoms with van der Waals surface area (Å²) < 4.78 is 0. The minimum Gasteiger partial charge on any atom is -0.480 e. The third-order valence-corrected chi connectivity index (χ3v) is 11.4. The third kappa shape index (κ3) is 24.9. The summed E-state index contributed by atoms with van der Waals surface area (Å²) in [5.74, 6) is -9.91. The van der Waals surface area contributed by atoms with Gasteiger partial charge in [0.25, 0.3) is 0 Å². The molecule has 26 heteroatoms. The molecule has 0 aliphatic rings. The zero-order chi connectivity index (χ0) is 56.2. The number of benzene rings is 2. The summed E-state index contributed by atoms with van der Waals surface area (Å²) in [5.41, 5.74) is 23.1. The zero-order valence-electron chi connectivity index (χ0n) is 42.9. The van der Waals surface area contributed by atoms with Crippen molar-refractivity contribution in [2.24, 2.45) is 39.8 Å². The molecule has 18 N–H and O–H groups in total. The van der Waals surface area contributed by atoms with Crippen molar-refractivity contribution < 1.29 is 57.8 Å². The van der Waals surface area contributed by atoms with Crippen LogP contribution in [0.3, 0.4) is 0 Å². The van der Waals surface area contributed by atoms with Crippen LogP contribution in [0.2, 0.25) is 0 Å². The van der Waals surface area contributed by atoms with Crippen molar-refractivity contribution in [3.63, 3.8) is 0 Å². The van der Waals surface area contributed by atoms with Crippen LogP contribution in [0.5, 0.6) is 0 Å². The van der Waals surface area contributed by atoms with Crippen LogP contribution in [0.4, 0.5) is 0 Å². The molecule has 0 bridgehead atoms. The number of nitrogens with two attached hydrogens (primary N) is 4. The minimum absolute atomic E-state index is 0.0241. The smallest absolute Gasteiger partial charge is 0.326 e. The van der Waals surface area contributed by atoms with Crippen LogP contribution in [-0.2, 0) is 65.6 Å². The van der Waals surface area contributed by atoms with Crippen molar-refractivity contribution in [2.45, 2.75) is 122 Å². The maximum Gasteiger partial charge on any atom is 0.326 e. The second-order valence-electron chi connectivity index (χ2n) is 18.2. The van der Waals surface area contributed by atoms with Crippen molar-refractivity contribution in [1.82, 2.24) is 47.9 Å². The van der Waals surface area contributed by atoms with E-state index in [9.17, 15) is 57.8 Å². The van der Waals surface area contributed by atoms with E-state index in [1.54, 1.807) is 88.4 Å². The number of rotatable bonds is 33. The first-order chi connectivity index (χ1) is 35.4. The molecule has 0 saturated heterocycles. The molecule has 0 unspecified atom stereocenters. The Hall–Kier alpha value is -8.16. The van der Waals surface area contributed by atoms with Gasteiger partial charge in [-0.3, -0.25) is 52.9 Å². The van der Waals surface area contributed by atoms with E-state index in [4.69, 9.17) is 22.9 Å². The number of carboxylic acid groups (broad SMARTS) is 1. The number of nitrogens with zero attached hydrogens (tertiary/aromatic N) is 1. The molecule has 0 radical (unpaired) electrons. The van der Waals surface area contributed by atoms with E-state index < -0.39 is 139 Å². The maximum absolute atomic E-state index is 13.8. The fourth-order valence-electron chi connectivity index (χ4n) is 7.13. The van der Waals surface area contributed by atoms with Crippen LogP contribution in [0.1, 0.15) is 77.8 Å². The van der Waals surface area contributed by atoms with Gasteiger partial charge in [0.05, 0.1) is 32.1 Å². The number of aliphatic imine (C=N–C) groups is 1. The molecule has 0 saturated carbocycles. The number of nitrogens with one attached hydrogen (secondary N) is 9. The average Bonchev–Trinajstić information content (AvgIpc) is 3.35. The van der Waals surface area contributed by atoms with Gasteiger partial charge in [0.2, 0.25) is 59.1 Å². The molecule has 8 atom stereocenters. The van der Waals surface area contributed by atoms with E-state index in [0.717, 1.165) is 0 Å². The van der Waals surface area contributed by atoms with Gasteiger partial charge in [0, 0.05) is 19.4 Å². The fourth-order valence-corrected chi connectivity index (χ4v) is 7.13. The minimum atomic E-state index is -1.38. The number of carbonyl (C=O) groups is 11. The number of amides is 10. The van der Waals surface area contributed by atoms with Crippen molar-refractivity contribution in [3.8, 4) is 0 Å². The van der Waals surface area contributed by atoms with E-state index in [0.29, 0.717) is 17.5 Å². The Morgan fingerprint density at radius 1 is 0.560 bits per heavy atom. The van der Waals surface area contributed by atoms with Gasteiger partial charge < -0.3 is 75.9 Å². The predicted octanol–water partition coefficient (Wildman–Crippen LogP) is -3.82. The van der Waals surface area contributed by atoms with Gasteiger partial charge in [-0.15, -0.1) is 0 Å². The summed E-state index contributed by atoms with van der Waals surface area (Å²) in [6, 6.07) is 8.28. The predicted molar refractivity (Wildman–Crippen MR) is 275 cm³/mol. The van der Waals surface area contributed by atoms with Crippen LogP contribution >= 0.6 is 0 Å². The van der Waals surface area contributed by atoms with E-state index >= 15 is 0 Å². The van der Waals surface area contributed by atoms with Gasteiger partial charge in [0.15, 0.2) is 5.96 Å². The molecule has 2 aromatic rings. The molecule has 0 heterocycles. The maximum atomic E-state index is 13.8. The number of carboxylic acids is 1. The SMILES string of the molecule is CC[C@H](C)[C@H](NC(=O)CNC(=O)[C@H](Cc1ccccc1)NC(=O)CNC(=O)[C@H](C)NC(=O)[C@H](Cc1ccccc1)NC(=O)[C@H](CCCN=C(N)N)NC(=O)[C@@H](N)CC(N)=O)C(=O)NCC(=O)N[C@@H](CC(C)C)C(=O)O. The topological polar surface area (TPSA) is 433 Å². The van der Waals surface area contributed by atoms with Crippen molar-refractivity contribution >= 4 is 71.0 Å². The quantitative estimate of drug-likeness (QED) is 0.0185. The number of carbonyl (C=O) groups excluding carboxylic acids is 10. The van der Waals surface area contributed by atoms with Crippen molar-refractivity contribution in [3.05, 3.63) is 71.8 Å². The highest BCUT2D eigenvalue weighted by atomic mass is 16.4. The van der Waals surface area contributed by atoms with Gasteiger partial charge >= 0.3 is 5.97 Å². The molecule has 412 valence electrons. The van der Waals surface area contributed by atoms with Crippen LogP contribution in [-0.4, -0.2) is 145 Å². The van der Waals surface area contributed by atoms with Gasteiger partial charge in [0.1, 0.15) is 36.3 Å². The van der Waals surface area contributed by atoms with E-state index in [-0.39, 0.29) is 50.5 Å². The van der Waals surface area contributed by atoms with E-state index in [2.05, 4.69) is 52.8 Å². The molecule has 2 aromatic carbocycles. The Balaban J connectivity index is 2.14. The summed E-state index contributed by atoms with van der Waals surface area (Å²) in [6.07, 6.45) is 0.151. The number of primary amides is 1. The fraction of sp³-hybridized carbons (Fsp3) is 0.510. The monoisotopic (exact) mass is 1050 g/mol. The molecule has 10 amide bonds. The highest BCUT2D eigenvalue weighted by molar-refractivity contribution is 5.97. The van der Waals surface area contributed by atoms with Crippen LogP contribution in [0.15, 0.2) is 65.7 Å². The summed E-state index contributed by atoms with van der Waals surface area (Å²) in [5, 5.41) is 31.8. The molecule has 0 aromatic heterocycles. The molecular formula is C49H74N14O12. The molecule has 0 aliphatic carbocycles. The standard InChI is InChI=1S/C49H74N14O12/c1-6-28(4)41(47(73)57-25-39(66)60-36(48(74)75)20-27(2)3)63-40(67)26-56-44(70)34(21-30-14-9-7-10-15-30)59-38(65)24-55-42(68)29(5)58-46(72)35(22-31-16-11-8-12-17-31)62-45(71)33(18-13-19-54-49(52)53)61-43(69)32(50)23-37(51)64/h7-12,14-17,27-29,32-36,41H,6,13,18-26,50H2,1-5H3,(H2,51,64)(H,55,68)(H,56,70)(H,57,73)(H,58,72)(H,59,65)(H,60,66)(H,61,69)(H,62,71)(H,63,67)(H,74,75)(H4,52,53,54)/t28-,29-,32-,33-,34-,35-,36-,41-/m0/s1. The molecule has 0 aliphatic heterocycles. The van der Waals surface area contributed by atoms with Crippen molar-refractivity contribution in [2.75, 3.05) is 26.2 Å². The highest BCUT2D eigenvalue weighted by Gasteiger charge is 2.32. The third-order valence-electron chi connectivity index (χ3n) is 11.4. The Bertz CT molecular complexity index is 2300. The van der Waals surface area contributed by atoms with Gasteiger partial charge in [-0.25, -0.2) is 4.79 Å². The second-order valence-corrected chi connectivity index (χ2v) is 18.2. The number of hydrogen-bond donors (Lipinski definition) is 14. The lowest BCUT2D eigenvalue weighted by Crippen LogP contribution is -2.58. The highest BCUT2D eigenvalue weighted by Crippen LogP contribution is 2.10. The largest absolute Gasteiger partial charge is 0.480 e. The summed E-state index contributed by atoms with van der Waals surface area (Å²) in [7, 11) is 0. The molecule has 0 fully saturated rings. The summed E-state index contributed by atoms with van der Waals surface area (Å²) in [4.78, 5) is 146. The van der Waals surface area contributed by atoms with Gasteiger partial charge in [-0.1, -0.05) is 94.8 Å². The van der Waals surface area contributed by atoms with E-state index in [1.807, 2.05) is 0 Å². The Kier molecular flexibility index (Phi) is 27.5. The number of aliphatic carboxylic acids is 1. The lowest BCUT2D eigenvalue weighted by molar-refractivity contribution is -0.142. The van der Waals surface area contributed by atoms with Crippen LogP contribution in [0, 0.1) is 11.8 Å².